The predicted octanol–water partition coefficient (Wildman–Crippen LogP) is 2.01. The molecule has 2 aromatic rings. The number of nitrogens with one attached hydrogen (secondary N) is 2. The summed E-state index contributed by atoms with van der Waals surface area (Å²) in [5.74, 6) is -2.09. The van der Waals surface area contributed by atoms with E-state index in [0.29, 0.717) is 23.5 Å². The molecule has 1 aliphatic heterocycles. The molecular weight excluding hydrogens is 415 g/mol. The second-order valence-electron chi connectivity index (χ2n) is 6.83. The Labute approximate surface area is 177 Å². The highest BCUT2D eigenvalue weighted by Gasteiger charge is 2.51. The Hall–Kier alpha value is -3.04. The lowest BCUT2D eigenvalue weighted by Gasteiger charge is -2.21. The van der Waals surface area contributed by atoms with Gasteiger partial charge in [0.2, 0.25) is 11.5 Å². The van der Waals surface area contributed by atoms with E-state index >= 15 is 0 Å². The molecule has 1 atom stereocenters. The van der Waals surface area contributed by atoms with Crippen LogP contribution >= 0.6 is 11.6 Å². The summed E-state index contributed by atoms with van der Waals surface area (Å²) >= 11 is 5.79. The maximum absolute atomic E-state index is 13.4. The van der Waals surface area contributed by atoms with Crippen molar-refractivity contribution in [2.45, 2.75) is 31.9 Å². The number of rotatable bonds is 6. The minimum Gasteiger partial charge on any atom is -0.372 e. The molecule has 1 aromatic heterocycles. The molecule has 0 radical (unpaired) electrons. The summed E-state index contributed by atoms with van der Waals surface area (Å²) in [5, 5.41) is 15.9. The number of amides is 3. The van der Waals surface area contributed by atoms with Crippen LogP contribution in [0.15, 0.2) is 36.5 Å². The highest BCUT2D eigenvalue weighted by Crippen LogP contribution is 2.29. The standard InChI is InChI=1S/C20H20ClFN4O4/c1-2-17(27)25-16-4-3-15(11-23-16)26-6-5-20(30,19(26)29)18(28)24-10-12-7-13(21)9-14(22)8-12/h3-4,7-9,11,30H,2,5-6,10H2,1H3,(H,24,28)(H,23,25,27). The number of benzene rings is 1. The van der Waals surface area contributed by atoms with Crippen molar-refractivity contribution in [1.29, 1.82) is 0 Å². The Bertz CT molecular complexity index is 965. The molecule has 1 saturated heterocycles. The van der Waals surface area contributed by atoms with Gasteiger partial charge in [0.15, 0.2) is 0 Å². The quantitative estimate of drug-likeness (QED) is 0.602. The van der Waals surface area contributed by atoms with Crippen LogP contribution in [0.25, 0.3) is 0 Å². The van der Waals surface area contributed by atoms with Crippen LogP contribution < -0.4 is 15.5 Å². The van der Waals surface area contributed by atoms with E-state index < -0.39 is 23.2 Å². The minimum atomic E-state index is -2.24. The lowest BCUT2D eigenvalue weighted by molar-refractivity contribution is -0.149. The summed E-state index contributed by atoms with van der Waals surface area (Å²) in [6.45, 7) is 1.72. The van der Waals surface area contributed by atoms with Gasteiger partial charge in [0, 0.05) is 31.0 Å². The van der Waals surface area contributed by atoms with E-state index in [9.17, 15) is 23.9 Å². The number of anilines is 2. The van der Waals surface area contributed by atoms with E-state index in [1.807, 2.05) is 0 Å². The summed E-state index contributed by atoms with van der Waals surface area (Å²) in [7, 11) is 0. The van der Waals surface area contributed by atoms with Gasteiger partial charge in [-0.2, -0.15) is 0 Å². The van der Waals surface area contributed by atoms with E-state index in [-0.39, 0.29) is 30.4 Å². The van der Waals surface area contributed by atoms with Crippen molar-refractivity contribution < 1.29 is 23.9 Å². The molecule has 3 N–H and O–H groups in total. The first kappa shape index (κ1) is 21.7. The van der Waals surface area contributed by atoms with Gasteiger partial charge in [-0.05, 0) is 35.9 Å². The number of nitrogens with zero attached hydrogens (tertiary/aromatic N) is 2. The van der Waals surface area contributed by atoms with Crippen LogP contribution in [0.3, 0.4) is 0 Å². The molecule has 0 saturated carbocycles. The van der Waals surface area contributed by atoms with Gasteiger partial charge in [0.1, 0.15) is 11.6 Å². The number of aliphatic hydroxyl groups is 1. The monoisotopic (exact) mass is 434 g/mol. The molecule has 1 aromatic carbocycles. The molecule has 1 unspecified atom stereocenters. The van der Waals surface area contributed by atoms with Gasteiger partial charge in [-0.25, -0.2) is 9.37 Å². The number of carbonyl (C=O) groups is 3. The number of halogens is 2. The van der Waals surface area contributed by atoms with Crippen LogP contribution in [0.4, 0.5) is 15.9 Å². The molecule has 2 heterocycles. The van der Waals surface area contributed by atoms with E-state index in [4.69, 9.17) is 11.6 Å². The summed E-state index contributed by atoms with van der Waals surface area (Å²) in [6, 6.07) is 6.90. The molecule has 158 valence electrons. The first-order valence-corrected chi connectivity index (χ1v) is 9.64. The van der Waals surface area contributed by atoms with Gasteiger partial charge in [0.05, 0.1) is 11.9 Å². The van der Waals surface area contributed by atoms with Crippen molar-refractivity contribution in [3.8, 4) is 0 Å². The first-order chi connectivity index (χ1) is 14.2. The molecular formula is C20H20ClFN4O4. The molecule has 0 aliphatic carbocycles. The Morgan fingerprint density at radius 1 is 1.33 bits per heavy atom. The van der Waals surface area contributed by atoms with Gasteiger partial charge in [0.25, 0.3) is 11.8 Å². The average molecular weight is 435 g/mol. The minimum absolute atomic E-state index is 0.0979. The summed E-state index contributed by atoms with van der Waals surface area (Å²) in [6.07, 6.45) is 1.56. The van der Waals surface area contributed by atoms with Gasteiger partial charge in [-0.1, -0.05) is 18.5 Å². The lowest BCUT2D eigenvalue weighted by atomic mass is 10.0. The highest BCUT2D eigenvalue weighted by atomic mass is 35.5. The van der Waals surface area contributed by atoms with Crippen molar-refractivity contribution >= 4 is 40.8 Å². The van der Waals surface area contributed by atoms with Crippen LogP contribution in [0.1, 0.15) is 25.3 Å². The summed E-state index contributed by atoms with van der Waals surface area (Å²) in [5.41, 5.74) is -1.46. The molecule has 30 heavy (non-hydrogen) atoms. The normalized spacial score (nSPS) is 18.4. The second kappa shape index (κ2) is 8.76. The first-order valence-electron chi connectivity index (χ1n) is 9.26. The fraction of sp³-hybridized carbons (Fsp3) is 0.300. The third-order valence-electron chi connectivity index (χ3n) is 4.70. The molecule has 1 fully saturated rings. The number of pyridine rings is 1. The lowest BCUT2D eigenvalue weighted by Crippen LogP contribution is -2.52. The van der Waals surface area contributed by atoms with Crippen LogP contribution in [0, 0.1) is 5.82 Å². The predicted molar refractivity (Wildman–Crippen MR) is 108 cm³/mol. The van der Waals surface area contributed by atoms with Gasteiger partial charge >= 0.3 is 0 Å². The highest BCUT2D eigenvalue weighted by molar-refractivity contribution is 6.30. The largest absolute Gasteiger partial charge is 0.372 e. The Morgan fingerprint density at radius 2 is 2.10 bits per heavy atom. The van der Waals surface area contributed by atoms with Crippen molar-refractivity contribution in [3.05, 3.63) is 52.9 Å². The summed E-state index contributed by atoms with van der Waals surface area (Å²) < 4.78 is 13.4. The zero-order valence-electron chi connectivity index (χ0n) is 16.1. The topological polar surface area (TPSA) is 112 Å². The Kier molecular flexibility index (Phi) is 6.33. The van der Waals surface area contributed by atoms with Crippen molar-refractivity contribution in [1.82, 2.24) is 10.3 Å². The maximum atomic E-state index is 13.4. The number of hydrogen-bond donors (Lipinski definition) is 3. The number of carbonyl (C=O) groups excluding carboxylic acids is 3. The fourth-order valence-electron chi connectivity index (χ4n) is 3.05. The Morgan fingerprint density at radius 3 is 2.73 bits per heavy atom. The van der Waals surface area contributed by atoms with Crippen molar-refractivity contribution in [3.63, 3.8) is 0 Å². The van der Waals surface area contributed by atoms with E-state index in [0.717, 1.165) is 6.07 Å². The molecule has 0 bridgehead atoms. The second-order valence-corrected chi connectivity index (χ2v) is 7.27. The zero-order chi connectivity index (χ0) is 21.9. The van der Waals surface area contributed by atoms with Gasteiger partial charge in [-0.15, -0.1) is 0 Å². The SMILES string of the molecule is CCC(=O)Nc1ccc(N2CCC(O)(C(=O)NCc3cc(F)cc(Cl)c3)C2=O)cn1. The molecule has 3 rings (SSSR count). The van der Waals surface area contributed by atoms with Gasteiger partial charge < -0.3 is 20.6 Å². The molecule has 0 spiro atoms. The Balaban J connectivity index is 1.66. The third-order valence-corrected chi connectivity index (χ3v) is 4.91. The molecule has 8 nitrogen and oxygen atoms in total. The van der Waals surface area contributed by atoms with Crippen LogP contribution in [0.2, 0.25) is 5.02 Å². The van der Waals surface area contributed by atoms with Crippen LogP contribution in [0.5, 0.6) is 0 Å². The number of hydrogen-bond acceptors (Lipinski definition) is 5. The fourth-order valence-corrected chi connectivity index (χ4v) is 3.30. The van der Waals surface area contributed by atoms with Crippen LogP contribution in [-0.2, 0) is 20.9 Å². The molecule has 1 aliphatic rings. The average Bonchev–Trinajstić information content (AvgIpc) is 3.02. The van der Waals surface area contributed by atoms with Crippen molar-refractivity contribution in [2.75, 3.05) is 16.8 Å². The molecule has 10 heteroatoms. The van der Waals surface area contributed by atoms with E-state index in [2.05, 4.69) is 15.6 Å². The smallest absolute Gasteiger partial charge is 0.268 e. The third kappa shape index (κ3) is 4.58. The van der Waals surface area contributed by atoms with Crippen LogP contribution in [-0.4, -0.2) is 40.0 Å². The summed E-state index contributed by atoms with van der Waals surface area (Å²) in [4.78, 5) is 42.0. The van der Waals surface area contributed by atoms with Crippen molar-refractivity contribution in [2.24, 2.45) is 0 Å². The zero-order valence-corrected chi connectivity index (χ0v) is 16.9. The maximum Gasteiger partial charge on any atom is 0.268 e. The molecule has 3 amide bonds. The van der Waals surface area contributed by atoms with E-state index in [1.165, 1.54) is 29.3 Å². The van der Waals surface area contributed by atoms with Gasteiger partial charge in [-0.3, -0.25) is 14.4 Å². The number of aromatic nitrogens is 1. The van der Waals surface area contributed by atoms with E-state index in [1.54, 1.807) is 13.0 Å².